The van der Waals surface area contributed by atoms with Crippen molar-refractivity contribution in [2.45, 2.75) is 19.4 Å². The topological polar surface area (TPSA) is 35.5 Å². The number of hydrogen-bond donors (Lipinski definition) is 2. The molecule has 2 atom stereocenters. The molecule has 72 valence electrons. The molecule has 1 aliphatic rings. The van der Waals surface area contributed by atoms with Crippen LogP contribution < -0.4 is 5.32 Å². The molecule has 0 aliphatic carbocycles. The molecule has 0 bridgehead atoms. The fourth-order valence-corrected chi connectivity index (χ4v) is 1.84. The Bertz CT molecular complexity index is 130. The number of likely N-dealkylation sites (tertiary alicyclic amines) is 1. The zero-order valence-electron chi connectivity index (χ0n) is 8.08. The first-order valence-electron chi connectivity index (χ1n) is 4.83. The Morgan fingerprint density at radius 2 is 2.42 bits per heavy atom. The van der Waals surface area contributed by atoms with Gasteiger partial charge in [0.05, 0.1) is 6.10 Å². The van der Waals surface area contributed by atoms with Crippen molar-refractivity contribution in [3.63, 3.8) is 0 Å². The molecular weight excluding hydrogens is 152 g/mol. The predicted octanol–water partition coefficient (Wildman–Crippen LogP) is -0.0915. The highest BCUT2D eigenvalue weighted by molar-refractivity contribution is 4.80. The van der Waals surface area contributed by atoms with E-state index in [1.165, 1.54) is 0 Å². The van der Waals surface area contributed by atoms with E-state index in [2.05, 4.69) is 17.1 Å². The number of hydrogen-bond acceptors (Lipinski definition) is 3. The molecule has 3 heteroatoms. The normalized spacial score (nSPS) is 27.8. The SMILES string of the molecule is CCN1CCC(C(O)CNC)C1. The fourth-order valence-electron chi connectivity index (χ4n) is 1.84. The predicted molar refractivity (Wildman–Crippen MR) is 50.2 cm³/mol. The third kappa shape index (κ3) is 2.44. The molecule has 1 aliphatic heterocycles. The van der Waals surface area contributed by atoms with Crippen LogP contribution in [0.5, 0.6) is 0 Å². The molecule has 1 saturated heterocycles. The minimum absolute atomic E-state index is 0.161. The van der Waals surface area contributed by atoms with Crippen molar-refractivity contribution < 1.29 is 5.11 Å². The summed E-state index contributed by atoms with van der Waals surface area (Å²) in [4.78, 5) is 2.39. The Hall–Kier alpha value is -0.120. The molecule has 0 aromatic rings. The smallest absolute Gasteiger partial charge is 0.0705 e. The van der Waals surface area contributed by atoms with E-state index in [0.29, 0.717) is 5.92 Å². The Kier molecular flexibility index (Phi) is 3.98. The van der Waals surface area contributed by atoms with Crippen LogP contribution in [-0.2, 0) is 0 Å². The van der Waals surface area contributed by atoms with Gasteiger partial charge >= 0.3 is 0 Å². The average molecular weight is 172 g/mol. The monoisotopic (exact) mass is 172 g/mol. The number of aliphatic hydroxyl groups is 1. The second-order valence-electron chi connectivity index (χ2n) is 3.57. The van der Waals surface area contributed by atoms with Gasteiger partial charge < -0.3 is 15.3 Å². The van der Waals surface area contributed by atoms with Crippen LogP contribution in [0.3, 0.4) is 0 Å². The van der Waals surface area contributed by atoms with E-state index in [1.807, 2.05) is 7.05 Å². The van der Waals surface area contributed by atoms with Crippen molar-refractivity contribution in [3.05, 3.63) is 0 Å². The molecule has 2 N–H and O–H groups in total. The first kappa shape index (κ1) is 9.96. The zero-order valence-corrected chi connectivity index (χ0v) is 8.08. The number of rotatable bonds is 4. The molecule has 0 radical (unpaired) electrons. The highest BCUT2D eigenvalue weighted by atomic mass is 16.3. The zero-order chi connectivity index (χ0) is 8.97. The van der Waals surface area contributed by atoms with E-state index in [-0.39, 0.29) is 6.10 Å². The maximum Gasteiger partial charge on any atom is 0.0705 e. The van der Waals surface area contributed by atoms with Gasteiger partial charge in [0.1, 0.15) is 0 Å². The average Bonchev–Trinajstić information content (AvgIpc) is 2.52. The van der Waals surface area contributed by atoms with Crippen molar-refractivity contribution in [1.82, 2.24) is 10.2 Å². The maximum absolute atomic E-state index is 9.67. The molecule has 0 saturated carbocycles. The van der Waals surface area contributed by atoms with Crippen LogP contribution in [0.15, 0.2) is 0 Å². The van der Waals surface area contributed by atoms with Gasteiger partial charge in [-0.25, -0.2) is 0 Å². The van der Waals surface area contributed by atoms with Gasteiger partial charge in [-0.05, 0) is 32.5 Å². The number of aliphatic hydroxyl groups excluding tert-OH is 1. The molecule has 0 aromatic carbocycles. The number of nitrogens with zero attached hydrogens (tertiary/aromatic N) is 1. The van der Waals surface area contributed by atoms with E-state index in [1.54, 1.807) is 0 Å². The van der Waals surface area contributed by atoms with Gasteiger partial charge in [-0.2, -0.15) is 0 Å². The van der Waals surface area contributed by atoms with Gasteiger partial charge in [0.2, 0.25) is 0 Å². The molecule has 1 fully saturated rings. The summed E-state index contributed by atoms with van der Waals surface area (Å²) in [6, 6.07) is 0. The third-order valence-electron chi connectivity index (χ3n) is 2.71. The lowest BCUT2D eigenvalue weighted by molar-refractivity contribution is 0.111. The summed E-state index contributed by atoms with van der Waals surface area (Å²) < 4.78 is 0. The van der Waals surface area contributed by atoms with E-state index in [9.17, 15) is 5.11 Å². The summed E-state index contributed by atoms with van der Waals surface area (Å²) in [7, 11) is 1.88. The van der Waals surface area contributed by atoms with E-state index in [0.717, 1.165) is 32.6 Å². The van der Waals surface area contributed by atoms with Crippen molar-refractivity contribution in [3.8, 4) is 0 Å². The Balaban J connectivity index is 2.25. The van der Waals surface area contributed by atoms with Gasteiger partial charge in [-0.15, -0.1) is 0 Å². The van der Waals surface area contributed by atoms with Crippen LogP contribution in [0.4, 0.5) is 0 Å². The van der Waals surface area contributed by atoms with Crippen LogP contribution >= 0.6 is 0 Å². The van der Waals surface area contributed by atoms with Gasteiger partial charge in [0.15, 0.2) is 0 Å². The molecule has 0 aromatic heterocycles. The van der Waals surface area contributed by atoms with Gasteiger partial charge in [0.25, 0.3) is 0 Å². The van der Waals surface area contributed by atoms with Crippen LogP contribution in [0.25, 0.3) is 0 Å². The van der Waals surface area contributed by atoms with Crippen LogP contribution in [0, 0.1) is 5.92 Å². The Morgan fingerprint density at radius 3 is 2.92 bits per heavy atom. The van der Waals surface area contributed by atoms with Gasteiger partial charge in [-0.1, -0.05) is 6.92 Å². The number of nitrogens with one attached hydrogen (secondary N) is 1. The molecule has 1 heterocycles. The van der Waals surface area contributed by atoms with Crippen molar-refractivity contribution in [2.75, 3.05) is 33.2 Å². The van der Waals surface area contributed by atoms with Crippen LogP contribution in [-0.4, -0.2) is 49.3 Å². The maximum atomic E-state index is 9.67. The van der Waals surface area contributed by atoms with Crippen LogP contribution in [0.2, 0.25) is 0 Å². The Labute approximate surface area is 74.8 Å². The second-order valence-corrected chi connectivity index (χ2v) is 3.57. The van der Waals surface area contributed by atoms with E-state index >= 15 is 0 Å². The highest BCUT2D eigenvalue weighted by Crippen LogP contribution is 2.18. The molecule has 2 unspecified atom stereocenters. The van der Waals surface area contributed by atoms with Crippen molar-refractivity contribution in [1.29, 1.82) is 0 Å². The number of likely N-dealkylation sites (N-methyl/N-ethyl adjacent to an activating group) is 1. The van der Waals surface area contributed by atoms with E-state index in [4.69, 9.17) is 0 Å². The minimum Gasteiger partial charge on any atom is -0.391 e. The first-order valence-corrected chi connectivity index (χ1v) is 4.83. The summed E-state index contributed by atoms with van der Waals surface area (Å²) in [5.41, 5.74) is 0. The van der Waals surface area contributed by atoms with Gasteiger partial charge in [-0.3, -0.25) is 0 Å². The summed E-state index contributed by atoms with van der Waals surface area (Å²) in [6.07, 6.45) is 0.989. The quantitative estimate of drug-likeness (QED) is 0.622. The molecule has 3 nitrogen and oxygen atoms in total. The third-order valence-corrected chi connectivity index (χ3v) is 2.71. The molecule has 0 spiro atoms. The lowest BCUT2D eigenvalue weighted by atomic mass is 10.0. The summed E-state index contributed by atoms with van der Waals surface area (Å²) in [6.45, 7) is 6.24. The standard InChI is InChI=1S/C9H20N2O/c1-3-11-5-4-8(7-11)9(12)6-10-2/h8-10,12H,3-7H2,1-2H3. The molecular formula is C9H20N2O. The lowest BCUT2D eigenvalue weighted by Crippen LogP contribution is -2.32. The largest absolute Gasteiger partial charge is 0.391 e. The van der Waals surface area contributed by atoms with Crippen LogP contribution in [0.1, 0.15) is 13.3 Å². The summed E-state index contributed by atoms with van der Waals surface area (Å²) in [5.74, 6) is 0.484. The van der Waals surface area contributed by atoms with E-state index < -0.39 is 0 Å². The molecule has 1 rings (SSSR count). The summed E-state index contributed by atoms with van der Waals surface area (Å²) in [5, 5.41) is 12.7. The summed E-state index contributed by atoms with van der Waals surface area (Å²) >= 11 is 0. The molecule has 0 amide bonds. The lowest BCUT2D eigenvalue weighted by Gasteiger charge is -2.18. The second kappa shape index (κ2) is 4.80. The van der Waals surface area contributed by atoms with Crippen molar-refractivity contribution >= 4 is 0 Å². The molecule has 12 heavy (non-hydrogen) atoms. The van der Waals surface area contributed by atoms with Crippen molar-refractivity contribution in [2.24, 2.45) is 5.92 Å². The van der Waals surface area contributed by atoms with Gasteiger partial charge in [0, 0.05) is 13.1 Å². The fraction of sp³-hybridized carbons (Fsp3) is 1.00. The first-order chi connectivity index (χ1) is 5.77. The highest BCUT2D eigenvalue weighted by Gasteiger charge is 2.26. The Morgan fingerprint density at radius 1 is 1.67 bits per heavy atom. The minimum atomic E-state index is -0.161.